The molecule has 0 aliphatic rings. The van der Waals surface area contributed by atoms with Crippen LogP contribution in [-0.2, 0) is 5.75 Å². The normalized spacial score (nSPS) is 10.3. The summed E-state index contributed by atoms with van der Waals surface area (Å²) in [5.74, 6) is 1.37. The van der Waals surface area contributed by atoms with Gasteiger partial charge in [0.15, 0.2) is 5.82 Å². The van der Waals surface area contributed by atoms with Gasteiger partial charge in [0.05, 0.1) is 0 Å². The molecule has 82 valence electrons. The highest BCUT2D eigenvalue weighted by molar-refractivity contribution is 7.98. The predicted octanol–water partition coefficient (Wildman–Crippen LogP) is 2.66. The van der Waals surface area contributed by atoms with E-state index in [2.05, 4.69) is 29.0 Å². The minimum atomic E-state index is 0.501. The monoisotopic (exact) mass is 231 g/mol. The van der Waals surface area contributed by atoms with Gasteiger partial charge in [-0.1, -0.05) is 36.0 Å². The molecule has 16 heavy (non-hydrogen) atoms. The molecule has 4 heteroatoms. The van der Waals surface area contributed by atoms with Gasteiger partial charge in [0.2, 0.25) is 0 Å². The van der Waals surface area contributed by atoms with E-state index >= 15 is 0 Å². The molecule has 0 saturated heterocycles. The second kappa shape index (κ2) is 4.99. The standard InChI is InChI=1S/C12H13N3S/c1-9-4-2-3-5-10(9)8-16-12-11(13)14-6-7-15-12/h2-7H,8H2,1H3,(H2,13,14). The quantitative estimate of drug-likeness (QED) is 0.825. The van der Waals surface area contributed by atoms with Gasteiger partial charge in [-0.25, -0.2) is 9.97 Å². The number of anilines is 1. The molecule has 3 nitrogen and oxygen atoms in total. The lowest BCUT2D eigenvalue weighted by atomic mass is 10.1. The van der Waals surface area contributed by atoms with Crippen molar-refractivity contribution < 1.29 is 0 Å². The Hall–Kier alpha value is -1.55. The van der Waals surface area contributed by atoms with Gasteiger partial charge in [-0.2, -0.15) is 0 Å². The fourth-order valence-corrected chi connectivity index (χ4v) is 2.32. The van der Waals surface area contributed by atoms with Gasteiger partial charge in [0.1, 0.15) is 5.03 Å². The van der Waals surface area contributed by atoms with Crippen LogP contribution in [0.4, 0.5) is 5.82 Å². The largest absolute Gasteiger partial charge is 0.381 e. The Morgan fingerprint density at radius 3 is 2.69 bits per heavy atom. The van der Waals surface area contributed by atoms with E-state index in [0.717, 1.165) is 10.8 Å². The number of aryl methyl sites for hydroxylation is 1. The average molecular weight is 231 g/mol. The topological polar surface area (TPSA) is 51.8 Å². The minimum Gasteiger partial charge on any atom is -0.381 e. The summed E-state index contributed by atoms with van der Waals surface area (Å²) in [5.41, 5.74) is 8.32. The van der Waals surface area contributed by atoms with Gasteiger partial charge in [-0.3, -0.25) is 0 Å². The summed E-state index contributed by atoms with van der Waals surface area (Å²) >= 11 is 1.62. The molecule has 0 amide bonds. The second-order valence-electron chi connectivity index (χ2n) is 3.46. The number of nitrogens with zero attached hydrogens (tertiary/aromatic N) is 2. The number of hydrogen-bond donors (Lipinski definition) is 1. The van der Waals surface area contributed by atoms with E-state index in [1.807, 2.05) is 12.1 Å². The average Bonchev–Trinajstić information content (AvgIpc) is 2.30. The SMILES string of the molecule is Cc1ccccc1CSc1nccnc1N. The lowest BCUT2D eigenvalue weighted by Crippen LogP contribution is -1.95. The summed E-state index contributed by atoms with van der Waals surface area (Å²) in [4.78, 5) is 8.21. The fourth-order valence-electron chi connectivity index (χ4n) is 1.37. The van der Waals surface area contributed by atoms with E-state index in [0.29, 0.717) is 5.82 Å². The zero-order chi connectivity index (χ0) is 11.4. The Balaban J connectivity index is 2.09. The number of benzene rings is 1. The highest BCUT2D eigenvalue weighted by atomic mass is 32.2. The molecule has 2 aromatic rings. The summed E-state index contributed by atoms with van der Waals surface area (Å²) in [5, 5.41) is 0.797. The van der Waals surface area contributed by atoms with Crippen LogP contribution in [0.5, 0.6) is 0 Å². The van der Waals surface area contributed by atoms with Crippen LogP contribution >= 0.6 is 11.8 Å². The molecule has 0 bridgehead atoms. The van der Waals surface area contributed by atoms with Crippen LogP contribution in [0.1, 0.15) is 11.1 Å². The molecule has 0 radical (unpaired) electrons. The molecule has 2 N–H and O–H groups in total. The number of aromatic nitrogens is 2. The van der Waals surface area contributed by atoms with E-state index in [1.54, 1.807) is 24.2 Å². The van der Waals surface area contributed by atoms with E-state index in [-0.39, 0.29) is 0 Å². The van der Waals surface area contributed by atoms with Crippen molar-refractivity contribution in [3.63, 3.8) is 0 Å². The Bertz CT molecular complexity index is 440. The van der Waals surface area contributed by atoms with Gasteiger partial charge in [-0.05, 0) is 18.1 Å². The lowest BCUT2D eigenvalue weighted by Gasteiger charge is -2.05. The highest BCUT2D eigenvalue weighted by Crippen LogP contribution is 2.25. The van der Waals surface area contributed by atoms with Gasteiger partial charge < -0.3 is 5.73 Å². The summed E-state index contributed by atoms with van der Waals surface area (Å²) in [7, 11) is 0. The van der Waals surface area contributed by atoms with Crippen molar-refractivity contribution >= 4 is 17.6 Å². The maximum Gasteiger partial charge on any atom is 0.156 e. The predicted molar refractivity (Wildman–Crippen MR) is 67.2 cm³/mol. The Kier molecular flexibility index (Phi) is 3.41. The molecular formula is C12H13N3S. The molecule has 0 spiro atoms. The maximum absolute atomic E-state index is 5.73. The number of hydrogen-bond acceptors (Lipinski definition) is 4. The third-order valence-electron chi connectivity index (χ3n) is 2.32. The number of nitrogen functional groups attached to an aromatic ring is 1. The summed E-state index contributed by atoms with van der Waals surface area (Å²) in [6.07, 6.45) is 3.27. The second-order valence-corrected chi connectivity index (χ2v) is 4.43. The van der Waals surface area contributed by atoms with Crippen molar-refractivity contribution in [2.45, 2.75) is 17.7 Å². The molecule has 0 atom stereocenters. The van der Waals surface area contributed by atoms with Crippen LogP contribution < -0.4 is 5.73 Å². The molecule has 2 rings (SSSR count). The summed E-state index contributed by atoms with van der Waals surface area (Å²) < 4.78 is 0. The number of thioether (sulfide) groups is 1. The molecule has 0 unspecified atom stereocenters. The van der Waals surface area contributed by atoms with Crippen LogP contribution in [-0.4, -0.2) is 9.97 Å². The maximum atomic E-state index is 5.73. The first kappa shape index (κ1) is 11.0. The molecule has 1 aromatic heterocycles. The minimum absolute atomic E-state index is 0.501. The molecule has 1 aromatic carbocycles. The van der Waals surface area contributed by atoms with E-state index in [4.69, 9.17) is 5.73 Å². The zero-order valence-electron chi connectivity index (χ0n) is 9.05. The fraction of sp³-hybridized carbons (Fsp3) is 0.167. The number of nitrogens with two attached hydrogens (primary N) is 1. The summed E-state index contributed by atoms with van der Waals surface area (Å²) in [6, 6.07) is 8.31. The molecular weight excluding hydrogens is 218 g/mol. The van der Waals surface area contributed by atoms with E-state index < -0.39 is 0 Å². The summed E-state index contributed by atoms with van der Waals surface area (Å²) in [6.45, 7) is 2.11. The number of rotatable bonds is 3. The van der Waals surface area contributed by atoms with Crippen molar-refractivity contribution in [3.8, 4) is 0 Å². The van der Waals surface area contributed by atoms with Crippen LogP contribution in [0.2, 0.25) is 0 Å². The van der Waals surface area contributed by atoms with Crippen molar-refractivity contribution in [1.29, 1.82) is 0 Å². The first-order valence-electron chi connectivity index (χ1n) is 5.01. The smallest absolute Gasteiger partial charge is 0.156 e. The van der Waals surface area contributed by atoms with Gasteiger partial charge in [0.25, 0.3) is 0 Å². The third-order valence-corrected chi connectivity index (χ3v) is 3.36. The van der Waals surface area contributed by atoms with Crippen molar-refractivity contribution in [2.75, 3.05) is 5.73 Å². The van der Waals surface area contributed by atoms with E-state index in [9.17, 15) is 0 Å². The van der Waals surface area contributed by atoms with Crippen molar-refractivity contribution in [2.24, 2.45) is 0 Å². The molecule has 0 fully saturated rings. The van der Waals surface area contributed by atoms with Crippen molar-refractivity contribution in [1.82, 2.24) is 9.97 Å². The van der Waals surface area contributed by atoms with Crippen LogP contribution in [0.15, 0.2) is 41.7 Å². The van der Waals surface area contributed by atoms with Crippen LogP contribution in [0.25, 0.3) is 0 Å². The zero-order valence-corrected chi connectivity index (χ0v) is 9.87. The molecule has 0 saturated carbocycles. The lowest BCUT2D eigenvalue weighted by molar-refractivity contribution is 1.07. The van der Waals surface area contributed by atoms with Crippen molar-refractivity contribution in [3.05, 3.63) is 47.8 Å². The van der Waals surface area contributed by atoms with Crippen LogP contribution in [0, 0.1) is 6.92 Å². The van der Waals surface area contributed by atoms with E-state index in [1.165, 1.54) is 11.1 Å². The van der Waals surface area contributed by atoms with Gasteiger partial charge in [0, 0.05) is 18.1 Å². The highest BCUT2D eigenvalue weighted by Gasteiger charge is 2.03. The first-order valence-corrected chi connectivity index (χ1v) is 5.99. The molecule has 0 aliphatic heterocycles. The Morgan fingerprint density at radius 2 is 1.94 bits per heavy atom. The van der Waals surface area contributed by atoms with Gasteiger partial charge in [-0.15, -0.1) is 0 Å². The Morgan fingerprint density at radius 1 is 1.19 bits per heavy atom. The molecule has 0 aliphatic carbocycles. The third kappa shape index (κ3) is 2.52. The van der Waals surface area contributed by atoms with Crippen LogP contribution in [0.3, 0.4) is 0 Å². The Labute approximate surface area is 99.1 Å². The van der Waals surface area contributed by atoms with Gasteiger partial charge >= 0.3 is 0 Å². The first-order chi connectivity index (χ1) is 7.77. The molecule has 1 heterocycles.